The number of rotatable bonds is 4. The Morgan fingerprint density at radius 1 is 1.14 bits per heavy atom. The van der Waals surface area contributed by atoms with Crippen LogP contribution in [0.4, 0.5) is 0 Å². The van der Waals surface area contributed by atoms with Gasteiger partial charge in [0.1, 0.15) is 0 Å². The molecule has 0 spiro atoms. The van der Waals surface area contributed by atoms with E-state index in [0.29, 0.717) is 31.1 Å². The lowest BCUT2D eigenvalue weighted by Gasteiger charge is -2.36. The van der Waals surface area contributed by atoms with E-state index >= 15 is 0 Å². The fourth-order valence-electron chi connectivity index (χ4n) is 2.37. The van der Waals surface area contributed by atoms with Crippen LogP contribution in [0.5, 0.6) is 0 Å². The summed E-state index contributed by atoms with van der Waals surface area (Å²) in [6.45, 7) is 5.42. The molecule has 0 aliphatic carbocycles. The second kappa shape index (κ2) is 6.13. The number of nitrogens with two attached hydrogens (primary N) is 1. The number of amides is 1. The van der Waals surface area contributed by atoms with Crippen molar-refractivity contribution in [2.45, 2.75) is 24.8 Å². The molecule has 0 bridgehead atoms. The lowest BCUT2D eigenvalue weighted by molar-refractivity contribution is -0.123. The average molecular weight is 311 g/mol. The van der Waals surface area contributed by atoms with Gasteiger partial charge in [-0.1, -0.05) is 17.7 Å². The van der Waals surface area contributed by atoms with Crippen LogP contribution in [0.2, 0.25) is 0 Å². The number of hydrogen-bond acceptors (Lipinski definition) is 4. The topological polar surface area (TPSA) is 83.7 Å². The van der Waals surface area contributed by atoms with E-state index in [2.05, 4.69) is 0 Å². The molecule has 1 unspecified atom stereocenters. The third-order valence-electron chi connectivity index (χ3n) is 3.89. The molecule has 2 N–H and O–H groups in total. The fourth-order valence-corrected chi connectivity index (χ4v) is 3.79. The number of carbonyl (C=O) groups excluding carboxylic acids is 1. The summed E-state index contributed by atoms with van der Waals surface area (Å²) in [5.74, 6) is -0.384. The average Bonchev–Trinajstić information content (AvgIpc) is 2.47. The van der Waals surface area contributed by atoms with Crippen LogP contribution in [-0.2, 0) is 14.8 Å². The summed E-state index contributed by atoms with van der Waals surface area (Å²) in [6.07, 6.45) is 0. The molecule has 0 saturated carbocycles. The van der Waals surface area contributed by atoms with Crippen molar-refractivity contribution < 1.29 is 13.2 Å². The van der Waals surface area contributed by atoms with Crippen LogP contribution in [0.3, 0.4) is 0 Å². The lowest BCUT2D eigenvalue weighted by atomic mass is 10.2. The van der Waals surface area contributed by atoms with Gasteiger partial charge in [-0.3, -0.25) is 9.69 Å². The molecule has 1 aliphatic rings. The maximum Gasteiger partial charge on any atom is 0.243 e. The summed E-state index contributed by atoms with van der Waals surface area (Å²) < 4.78 is 26.5. The molecule has 1 heterocycles. The summed E-state index contributed by atoms with van der Waals surface area (Å²) in [6, 6.07) is 6.47. The summed E-state index contributed by atoms with van der Waals surface area (Å²) in [5.41, 5.74) is 6.30. The number of benzene rings is 1. The van der Waals surface area contributed by atoms with Crippen molar-refractivity contribution in [1.29, 1.82) is 0 Å². The van der Waals surface area contributed by atoms with Crippen LogP contribution >= 0.6 is 0 Å². The Morgan fingerprint density at radius 3 is 2.14 bits per heavy atom. The quantitative estimate of drug-likeness (QED) is 0.859. The van der Waals surface area contributed by atoms with Gasteiger partial charge >= 0.3 is 0 Å². The van der Waals surface area contributed by atoms with Crippen LogP contribution < -0.4 is 5.73 Å². The molecule has 0 radical (unpaired) electrons. The lowest BCUT2D eigenvalue weighted by Crippen LogP contribution is -2.54. The number of piperazine rings is 1. The van der Waals surface area contributed by atoms with Gasteiger partial charge in [-0.05, 0) is 26.0 Å². The van der Waals surface area contributed by atoms with E-state index in [0.717, 1.165) is 5.56 Å². The molecule has 1 aromatic rings. The molecule has 116 valence electrons. The minimum Gasteiger partial charge on any atom is -0.368 e. The van der Waals surface area contributed by atoms with E-state index in [-0.39, 0.29) is 11.9 Å². The van der Waals surface area contributed by atoms with E-state index in [9.17, 15) is 13.2 Å². The monoisotopic (exact) mass is 311 g/mol. The predicted molar refractivity (Wildman–Crippen MR) is 80.2 cm³/mol. The van der Waals surface area contributed by atoms with Crippen LogP contribution in [0, 0.1) is 6.92 Å². The molecule has 1 aromatic carbocycles. The third-order valence-corrected chi connectivity index (χ3v) is 5.80. The zero-order chi connectivity index (χ0) is 15.6. The number of primary amides is 1. The second-order valence-electron chi connectivity index (χ2n) is 5.33. The van der Waals surface area contributed by atoms with Gasteiger partial charge in [0, 0.05) is 26.2 Å². The first-order valence-corrected chi connectivity index (χ1v) is 8.36. The molecule has 1 aliphatic heterocycles. The van der Waals surface area contributed by atoms with Gasteiger partial charge in [0.25, 0.3) is 0 Å². The highest BCUT2D eigenvalue weighted by Crippen LogP contribution is 2.18. The van der Waals surface area contributed by atoms with Crippen molar-refractivity contribution in [3.8, 4) is 0 Å². The summed E-state index contributed by atoms with van der Waals surface area (Å²) >= 11 is 0. The highest BCUT2D eigenvalue weighted by atomic mass is 32.2. The predicted octanol–water partition coefficient (Wildman–Crippen LogP) is 0.175. The van der Waals surface area contributed by atoms with Crippen LogP contribution in [-0.4, -0.2) is 55.8 Å². The van der Waals surface area contributed by atoms with Crippen molar-refractivity contribution >= 4 is 15.9 Å². The number of nitrogens with zero attached hydrogens (tertiary/aromatic N) is 2. The van der Waals surface area contributed by atoms with Gasteiger partial charge in [-0.15, -0.1) is 0 Å². The molecule has 1 atom stereocenters. The maximum absolute atomic E-state index is 12.5. The zero-order valence-corrected chi connectivity index (χ0v) is 13.1. The second-order valence-corrected chi connectivity index (χ2v) is 7.27. The van der Waals surface area contributed by atoms with Crippen molar-refractivity contribution in [2.24, 2.45) is 5.73 Å². The molecule has 21 heavy (non-hydrogen) atoms. The van der Waals surface area contributed by atoms with Crippen molar-refractivity contribution in [1.82, 2.24) is 9.21 Å². The standard InChI is InChI=1S/C14H21N3O3S/c1-11-3-5-13(6-4-11)21(19,20)17-9-7-16(8-10-17)12(2)14(15)18/h3-6,12H,7-10H2,1-2H3,(H2,15,18). The molecule has 1 amide bonds. The van der Waals surface area contributed by atoms with E-state index < -0.39 is 10.0 Å². The van der Waals surface area contributed by atoms with E-state index in [1.165, 1.54) is 4.31 Å². The normalized spacial score (nSPS) is 19.3. The van der Waals surface area contributed by atoms with Crippen molar-refractivity contribution in [3.05, 3.63) is 29.8 Å². The molecule has 6 nitrogen and oxygen atoms in total. The molecular weight excluding hydrogens is 290 g/mol. The molecule has 1 saturated heterocycles. The Balaban J connectivity index is 2.07. The Morgan fingerprint density at radius 2 is 1.67 bits per heavy atom. The Bertz CT molecular complexity index is 605. The number of hydrogen-bond donors (Lipinski definition) is 1. The molecule has 1 fully saturated rings. The van der Waals surface area contributed by atoms with Crippen LogP contribution in [0.25, 0.3) is 0 Å². The minimum atomic E-state index is -3.46. The maximum atomic E-state index is 12.5. The highest BCUT2D eigenvalue weighted by Gasteiger charge is 2.30. The van der Waals surface area contributed by atoms with Crippen LogP contribution in [0.15, 0.2) is 29.2 Å². The Labute approximate surface area is 125 Å². The first-order chi connectivity index (χ1) is 9.82. The fraction of sp³-hybridized carbons (Fsp3) is 0.500. The molecule has 7 heteroatoms. The van der Waals surface area contributed by atoms with Gasteiger partial charge in [-0.2, -0.15) is 4.31 Å². The number of carbonyl (C=O) groups is 1. The largest absolute Gasteiger partial charge is 0.368 e. The third kappa shape index (κ3) is 3.42. The van der Waals surface area contributed by atoms with Gasteiger partial charge in [0.2, 0.25) is 15.9 Å². The zero-order valence-electron chi connectivity index (χ0n) is 12.3. The first kappa shape index (κ1) is 15.9. The van der Waals surface area contributed by atoms with Crippen molar-refractivity contribution in [2.75, 3.05) is 26.2 Å². The van der Waals surface area contributed by atoms with Crippen LogP contribution in [0.1, 0.15) is 12.5 Å². The van der Waals surface area contributed by atoms with Crippen molar-refractivity contribution in [3.63, 3.8) is 0 Å². The number of sulfonamides is 1. The summed E-state index contributed by atoms with van der Waals surface area (Å²) in [4.78, 5) is 13.4. The smallest absolute Gasteiger partial charge is 0.243 e. The highest BCUT2D eigenvalue weighted by molar-refractivity contribution is 7.89. The van der Waals surface area contributed by atoms with Gasteiger partial charge in [0.15, 0.2) is 0 Å². The molecule has 2 rings (SSSR count). The van der Waals surface area contributed by atoms with Gasteiger partial charge < -0.3 is 5.73 Å². The van der Waals surface area contributed by atoms with E-state index in [4.69, 9.17) is 5.73 Å². The first-order valence-electron chi connectivity index (χ1n) is 6.92. The molecule has 0 aromatic heterocycles. The van der Waals surface area contributed by atoms with Gasteiger partial charge in [0.05, 0.1) is 10.9 Å². The Hall–Kier alpha value is -1.44. The van der Waals surface area contributed by atoms with E-state index in [1.54, 1.807) is 31.2 Å². The summed E-state index contributed by atoms with van der Waals surface area (Å²) in [7, 11) is -3.46. The number of aryl methyl sites for hydroxylation is 1. The summed E-state index contributed by atoms with van der Waals surface area (Å²) in [5, 5.41) is 0. The minimum absolute atomic E-state index is 0.310. The van der Waals surface area contributed by atoms with Gasteiger partial charge in [-0.25, -0.2) is 8.42 Å². The molecular formula is C14H21N3O3S. The SMILES string of the molecule is Cc1ccc(S(=O)(=O)N2CCN(C(C)C(N)=O)CC2)cc1. The Kier molecular flexibility index (Phi) is 4.65. The van der Waals surface area contributed by atoms with E-state index in [1.807, 2.05) is 11.8 Å².